The molecule has 1 aliphatic heterocycles. The van der Waals surface area contributed by atoms with Gasteiger partial charge in [-0.15, -0.1) is 11.3 Å². The molecule has 0 aliphatic carbocycles. The molecule has 6 heteroatoms. The highest BCUT2D eigenvalue weighted by Crippen LogP contribution is 2.16. The van der Waals surface area contributed by atoms with Gasteiger partial charge in [-0.2, -0.15) is 0 Å². The summed E-state index contributed by atoms with van der Waals surface area (Å²) in [5.74, 6) is -0.0248. The van der Waals surface area contributed by atoms with Crippen molar-refractivity contribution in [2.75, 3.05) is 31.6 Å². The van der Waals surface area contributed by atoms with Crippen molar-refractivity contribution in [1.82, 2.24) is 9.88 Å². The molecule has 0 spiro atoms. The molecule has 1 fully saturated rings. The van der Waals surface area contributed by atoms with Gasteiger partial charge in [0.25, 0.3) is 0 Å². The number of ether oxygens (including phenoxy) is 1. The van der Waals surface area contributed by atoms with E-state index >= 15 is 0 Å². The Bertz CT molecular complexity index is 688. The third kappa shape index (κ3) is 4.87. The number of morpholine rings is 1. The van der Waals surface area contributed by atoms with Gasteiger partial charge in [-0.1, -0.05) is 6.07 Å². The molecule has 5 nitrogen and oxygen atoms in total. The lowest BCUT2D eigenvalue weighted by Crippen LogP contribution is -2.35. The van der Waals surface area contributed by atoms with E-state index < -0.39 is 0 Å². The van der Waals surface area contributed by atoms with Crippen LogP contribution in [-0.4, -0.2) is 42.1 Å². The second-order valence-electron chi connectivity index (χ2n) is 6.22. The second kappa shape index (κ2) is 7.88. The number of amides is 1. The largest absolute Gasteiger partial charge is 0.379 e. The summed E-state index contributed by atoms with van der Waals surface area (Å²) in [6, 6.07) is 6.06. The molecule has 0 radical (unpaired) electrons. The number of nitrogens with one attached hydrogen (secondary N) is 1. The van der Waals surface area contributed by atoms with E-state index in [1.54, 1.807) is 11.3 Å². The third-order valence-electron chi connectivity index (χ3n) is 3.91. The molecular formula is C18H23N3O2S. The molecule has 24 heavy (non-hydrogen) atoms. The van der Waals surface area contributed by atoms with E-state index in [-0.39, 0.29) is 5.91 Å². The van der Waals surface area contributed by atoms with E-state index in [1.165, 1.54) is 0 Å². The minimum atomic E-state index is -0.0248. The summed E-state index contributed by atoms with van der Waals surface area (Å²) in [6.07, 6.45) is 0.312. The minimum Gasteiger partial charge on any atom is -0.379 e. The van der Waals surface area contributed by atoms with Gasteiger partial charge in [-0.25, -0.2) is 4.98 Å². The number of aryl methyl sites for hydroxylation is 2. The zero-order valence-corrected chi connectivity index (χ0v) is 15.0. The Morgan fingerprint density at radius 3 is 2.67 bits per heavy atom. The summed E-state index contributed by atoms with van der Waals surface area (Å²) in [4.78, 5) is 19.2. The number of nitrogens with zero attached hydrogens (tertiary/aromatic N) is 2. The van der Waals surface area contributed by atoms with Crippen LogP contribution in [0.1, 0.15) is 21.8 Å². The first kappa shape index (κ1) is 17.1. The Morgan fingerprint density at radius 1 is 1.25 bits per heavy atom. The van der Waals surface area contributed by atoms with Gasteiger partial charge in [0.2, 0.25) is 5.91 Å². The number of aromatic nitrogens is 1. The molecule has 2 aromatic rings. The topological polar surface area (TPSA) is 54.5 Å². The van der Waals surface area contributed by atoms with Crippen molar-refractivity contribution in [2.24, 2.45) is 0 Å². The van der Waals surface area contributed by atoms with Crippen LogP contribution < -0.4 is 5.32 Å². The van der Waals surface area contributed by atoms with Crippen molar-refractivity contribution in [1.29, 1.82) is 0 Å². The predicted molar refractivity (Wildman–Crippen MR) is 96.5 cm³/mol. The molecular weight excluding hydrogens is 322 g/mol. The molecule has 1 aromatic heterocycles. The molecule has 0 unspecified atom stereocenters. The molecule has 0 bridgehead atoms. The van der Waals surface area contributed by atoms with Crippen LogP contribution >= 0.6 is 11.3 Å². The highest BCUT2D eigenvalue weighted by Gasteiger charge is 2.14. The number of carbonyl (C=O) groups excluding carboxylic acids is 1. The van der Waals surface area contributed by atoms with E-state index in [2.05, 4.69) is 21.3 Å². The lowest BCUT2D eigenvalue weighted by atomic mass is 10.1. The molecule has 1 aliphatic rings. The van der Waals surface area contributed by atoms with Crippen molar-refractivity contribution in [2.45, 2.75) is 26.8 Å². The fourth-order valence-electron chi connectivity index (χ4n) is 2.87. The highest BCUT2D eigenvalue weighted by molar-refractivity contribution is 7.09. The van der Waals surface area contributed by atoms with Crippen molar-refractivity contribution < 1.29 is 9.53 Å². The predicted octanol–water partition coefficient (Wildman–Crippen LogP) is 2.77. The van der Waals surface area contributed by atoms with E-state index in [9.17, 15) is 4.79 Å². The molecule has 0 atom stereocenters. The molecule has 1 amide bonds. The summed E-state index contributed by atoms with van der Waals surface area (Å²) in [6.45, 7) is 8.37. The molecule has 3 rings (SSSR count). The SMILES string of the molecule is Cc1cc(C)cc(NC(=O)Cc2csc(CN3CCOCC3)n2)c1. The maximum Gasteiger partial charge on any atom is 0.230 e. The maximum atomic E-state index is 12.2. The maximum absolute atomic E-state index is 12.2. The Hall–Kier alpha value is -1.76. The number of benzene rings is 1. The standard InChI is InChI=1S/C18H23N3O2S/c1-13-7-14(2)9-15(8-13)19-17(22)10-16-12-24-18(20-16)11-21-3-5-23-6-4-21/h7-9,12H,3-6,10-11H2,1-2H3,(H,19,22). The first-order valence-electron chi connectivity index (χ1n) is 8.20. The van der Waals surface area contributed by atoms with Gasteiger partial charge in [0.1, 0.15) is 5.01 Å². The van der Waals surface area contributed by atoms with Crippen molar-refractivity contribution in [3.8, 4) is 0 Å². The fourth-order valence-corrected chi connectivity index (χ4v) is 3.71. The summed E-state index contributed by atoms with van der Waals surface area (Å²) < 4.78 is 5.36. The van der Waals surface area contributed by atoms with Crippen molar-refractivity contribution >= 4 is 22.9 Å². The van der Waals surface area contributed by atoms with E-state index in [0.29, 0.717) is 6.42 Å². The summed E-state index contributed by atoms with van der Waals surface area (Å²) in [7, 11) is 0. The van der Waals surface area contributed by atoms with Gasteiger partial charge in [-0.05, 0) is 37.1 Å². The van der Waals surface area contributed by atoms with Gasteiger partial charge in [-0.3, -0.25) is 9.69 Å². The van der Waals surface area contributed by atoms with Crippen LogP contribution in [0.15, 0.2) is 23.6 Å². The lowest BCUT2D eigenvalue weighted by Gasteiger charge is -2.25. The zero-order chi connectivity index (χ0) is 16.9. The normalized spacial score (nSPS) is 15.4. The van der Waals surface area contributed by atoms with Gasteiger partial charge in [0.05, 0.1) is 31.9 Å². The Balaban J connectivity index is 1.54. The van der Waals surface area contributed by atoms with Crippen molar-refractivity contribution in [3.63, 3.8) is 0 Å². The van der Waals surface area contributed by atoms with E-state index in [0.717, 1.165) is 60.4 Å². The van der Waals surface area contributed by atoms with Gasteiger partial charge >= 0.3 is 0 Å². The number of thiazole rings is 1. The molecule has 2 heterocycles. The first-order chi connectivity index (χ1) is 11.6. The Morgan fingerprint density at radius 2 is 1.96 bits per heavy atom. The molecule has 0 saturated carbocycles. The van der Waals surface area contributed by atoms with Crippen LogP contribution in [0.3, 0.4) is 0 Å². The van der Waals surface area contributed by atoms with E-state index in [1.807, 2.05) is 31.4 Å². The summed E-state index contributed by atoms with van der Waals surface area (Å²) in [5.41, 5.74) is 3.98. The number of carbonyl (C=O) groups is 1. The molecule has 1 N–H and O–H groups in total. The Labute approximate surface area is 146 Å². The van der Waals surface area contributed by atoms with Crippen LogP contribution in [-0.2, 0) is 22.5 Å². The van der Waals surface area contributed by atoms with Crippen LogP contribution in [0.4, 0.5) is 5.69 Å². The minimum absolute atomic E-state index is 0.0248. The molecule has 1 saturated heterocycles. The molecule has 1 aromatic carbocycles. The summed E-state index contributed by atoms with van der Waals surface area (Å²) in [5, 5.41) is 6.01. The number of hydrogen-bond donors (Lipinski definition) is 1. The fraction of sp³-hybridized carbons (Fsp3) is 0.444. The monoisotopic (exact) mass is 345 g/mol. The van der Waals surface area contributed by atoms with E-state index in [4.69, 9.17) is 4.74 Å². The average Bonchev–Trinajstić information content (AvgIpc) is 2.94. The summed E-state index contributed by atoms with van der Waals surface area (Å²) >= 11 is 1.62. The van der Waals surface area contributed by atoms with Crippen LogP contribution in [0.5, 0.6) is 0 Å². The smallest absolute Gasteiger partial charge is 0.230 e. The van der Waals surface area contributed by atoms with Gasteiger partial charge in [0, 0.05) is 24.2 Å². The lowest BCUT2D eigenvalue weighted by molar-refractivity contribution is -0.115. The highest BCUT2D eigenvalue weighted by atomic mass is 32.1. The Kier molecular flexibility index (Phi) is 5.60. The van der Waals surface area contributed by atoms with Crippen LogP contribution in [0.2, 0.25) is 0 Å². The second-order valence-corrected chi connectivity index (χ2v) is 7.17. The first-order valence-corrected chi connectivity index (χ1v) is 9.08. The van der Waals surface area contributed by atoms with Crippen LogP contribution in [0, 0.1) is 13.8 Å². The van der Waals surface area contributed by atoms with Crippen LogP contribution in [0.25, 0.3) is 0 Å². The number of hydrogen-bond acceptors (Lipinski definition) is 5. The number of anilines is 1. The van der Waals surface area contributed by atoms with Gasteiger partial charge < -0.3 is 10.1 Å². The number of rotatable bonds is 5. The average molecular weight is 345 g/mol. The quantitative estimate of drug-likeness (QED) is 0.905. The van der Waals surface area contributed by atoms with Gasteiger partial charge in [0.15, 0.2) is 0 Å². The molecule has 128 valence electrons. The zero-order valence-electron chi connectivity index (χ0n) is 14.2. The van der Waals surface area contributed by atoms with Crippen molar-refractivity contribution in [3.05, 3.63) is 45.4 Å². The third-order valence-corrected chi connectivity index (χ3v) is 4.79.